The highest BCUT2D eigenvalue weighted by atomic mass is 16.5. The third-order valence-corrected chi connectivity index (χ3v) is 6.44. The van der Waals surface area contributed by atoms with Gasteiger partial charge in [-0.05, 0) is 54.9 Å². The van der Waals surface area contributed by atoms with E-state index in [4.69, 9.17) is 4.74 Å². The number of nitrogens with one attached hydrogen (secondary N) is 1. The number of carbonyl (C=O) groups is 2. The van der Waals surface area contributed by atoms with E-state index in [0.717, 1.165) is 31.2 Å². The van der Waals surface area contributed by atoms with Crippen molar-refractivity contribution in [2.75, 3.05) is 13.2 Å². The first kappa shape index (κ1) is 24.8. The Labute approximate surface area is 198 Å². The van der Waals surface area contributed by atoms with E-state index in [1.54, 1.807) is 4.90 Å². The second-order valence-electron chi connectivity index (χ2n) is 10.1. The van der Waals surface area contributed by atoms with Gasteiger partial charge in [-0.3, -0.25) is 9.59 Å². The van der Waals surface area contributed by atoms with E-state index < -0.39 is 6.04 Å². The van der Waals surface area contributed by atoms with Crippen LogP contribution in [0.25, 0.3) is 0 Å². The summed E-state index contributed by atoms with van der Waals surface area (Å²) in [5.41, 5.74) is 2.41. The number of rotatable bonds is 9. The smallest absolute Gasteiger partial charge is 0.261 e. The van der Waals surface area contributed by atoms with Crippen molar-refractivity contribution in [3.05, 3.63) is 65.7 Å². The van der Waals surface area contributed by atoms with Gasteiger partial charge in [0.1, 0.15) is 11.8 Å². The summed E-state index contributed by atoms with van der Waals surface area (Å²) in [6, 6.07) is 17.6. The Balaban J connectivity index is 1.64. The maximum atomic E-state index is 13.2. The summed E-state index contributed by atoms with van der Waals surface area (Å²) in [6.07, 6.45) is 5.03. The zero-order chi connectivity index (χ0) is 23.8. The summed E-state index contributed by atoms with van der Waals surface area (Å²) in [5, 5.41) is 3.13. The molecule has 3 rings (SSSR count). The summed E-state index contributed by atoms with van der Waals surface area (Å²) in [6.45, 7) is 8.67. The summed E-state index contributed by atoms with van der Waals surface area (Å²) < 4.78 is 5.81. The minimum atomic E-state index is -0.548. The van der Waals surface area contributed by atoms with Crippen LogP contribution in [0.1, 0.15) is 64.5 Å². The first-order chi connectivity index (χ1) is 15.7. The molecule has 0 bridgehead atoms. The second-order valence-corrected chi connectivity index (χ2v) is 10.1. The SMILES string of the molecule is C[C@H](C(=O)NC1CCCC1)N(CCc1ccccc1)C(=O)COc1ccc(C(C)(C)C)cc1. The van der Waals surface area contributed by atoms with Gasteiger partial charge in [0.15, 0.2) is 6.61 Å². The molecule has 5 nitrogen and oxygen atoms in total. The highest BCUT2D eigenvalue weighted by molar-refractivity contribution is 5.88. The van der Waals surface area contributed by atoms with E-state index in [2.05, 4.69) is 26.1 Å². The van der Waals surface area contributed by atoms with Crippen molar-refractivity contribution in [3.8, 4) is 5.75 Å². The van der Waals surface area contributed by atoms with Crippen LogP contribution >= 0.6 is 0 Å². The van der Waals surface area contributed by atoms with Crippen LogP contribution < -0.4 is 10.1 Å². The summed E-state index contributed by atoms with van der Waals surface area (Å²) in [5.74, 6) is 0.389. The van der Waals surface area contributed by atoms with Crippen LogP contribution in [0.3, 0.4) is 0 Å². The molecular weight excluding hydrogens is 412 g/mol. The van der Waals surface area contributed by atoms with Gasteiger partial charge in [-0.1, -0.05) is 76.1 Å². The molecule has 0 heterocycles. The fourth-order valence-corrected chi connectivity index (χ4v) is 4.24. The Kier molecular flexibility index (Phi) is 8.54. The molecule has 1 saturated carbocycles. The maximum absolute atomic E-state index is 13.2. The van der Waals surface area contributed by atoms with Gasteiger partial charge in [0, 0.05) is 12.6 Å². The molecule has 0 aromatic heterocycles. The summed E-state index contributed by atoms with van der Waals surface area (Å²) in [7, 11) is 0. The number of ether oxygens (including phenoxy) is 1. The van der Waals surface area contributed by atoms with E-state index >= 15 is 0 Å². The van der Waals surface area contributed by atoms with Crippen molar-refractivity contribution in [2.45, 2.75) is 77.3 Å². The number of amides is 2. The fraction of sp³-hybridized carbons (Fsp3) is 0.500. The van der Waals surface area contributed by atoms with Crippen LogP contribution in [0, 0.1) is 0 Å². The van der Waals surface area contributed by atoms with Gasteiger partial charge in [-0.25, -0.2) is 0 Å². The van der Waals surface area contributed by atoms with Crippen molar-refractivity contribution >= 4 is 11.8 Å². The minimum absolute atomic E-state index is 0.0602. The molecule has 5 heteroatoms. The fourth-order valence-electron chi connectivity index (χ4n) is 4.24. The number of hydrogen-bond donors (Lipinski definition) is 1. The average molecular weight is 451 g/mol. The molecule has 0 aliphatic heterocycles. The second kappa shape index (κ2) is 11.4. The Morgan fingerprint density at radius 2 is 1.67 bits per heavy atom. The lowest BCUT2D eigenvalue weighted by atomic mass is 9.87. The van der Waals surface area contributed by atoms with Crippen LogP contribution in [-0.4, -0.2) is 41.9 Å². The first-order valence-corrected chi connectivity index (χ1v) is 12.1. The molecule has 1 N–H and O–H groups in total. The lowest BCUT2D eigenvalue weighted by Crippen LogP contribution is -2.51. The number of carbonyl (C=O) groups excluding carboxylic acids is 2. The van der Waals surface area contributed by atoms with Crippen molar-refractivity contribution in [1.29, 1.82) is 0 Å². The predicted molar refractivity (Wildman–Crippen MR) is 132 cm³/mol. The third kappa shape index (κ3) is 7.34. The molecule has 1 aliphatic rings. The quantitative estimate of drug-likeness (QED) is 0.592. The Morgan fingerprint density at radius 3 is 2.27 bits per heavy atom. The molecular formula is C28H38N2O3. The third-order valence-electron chi connectivity index (χ3n) is 6.44. The van der Waals surface area contributed by atoms with Crippen LogP contribution in [0.15, 0.2) is 54.6 Å². The molecule has 2 aromatic rings. The van der Waals surface area contributed by atoms with Crippen LogP contribution in [0.5, 0.6) is 5.75 Å². The normalized spacial score (nSPS) is 15.2. The molecule has 2 aromatic carbocycles. The molecule has 0 saturated heterocycles. The van der Waals surface area contributed by atoms with E-state index in [1.807, 2.05) is 61.5 Å². The maximum Gasteiger partial charge on any atom is 0.261 e. The minimum Gasteiger partial charge on any atom is -0.484 e. The van der Waals surface area contributed by atoms with Gasteiger partial charge in [0.05, 0.1) is 0 Å². The molecule has 178 valence electrons. The molecule has 0 unspecified atom stereocenters. The highest BCUT2D eigenvalue weighted by Gasteiger charge is 2.28. The Bertz CT molecular complexity index is 897. The number of benzene rings is 2. The lowest BCUT2D eigenvalue weighted by Gasteiger charge is -2.29. The molecule has 0 spiro atoms. The van der Waals surface area contributed by atoms with E-state index in [-0.39, 0.29) is 29.9 Å². The van der Waals surface area contributed by atoms with Crippen molar-refractivity contribution in [3.63, 3.8) is 0 Å². The summed E-state index contributed by atoms with van der Waals surface area (Å²) >= 11 is 0. The van der Waals surface area contributed by atoms with Crippen LogP contribution in [-0.2, 0) is 21.4 Å². The van der Waals surface area contributed by atoms with Crippen LogP contribution in [0.2, 0.25) is 0 Å². The van der Waals surface area contributed by atoms with Gasteiger partial charge in [0.25, 0.3) is 5.91 Å². The number of hydrogen-bond acceptors (Lipinski definition) is 3. The predicted octanol–water partition coefficient (Wildman–Crippen LogP) is 4.88. The highest BCUT2D eigenvalue weighted by Crippen LogP contribution is 2.24. The molecule has 1 atom stereocenters. The number of nitrogens with zero attached hydrogens (tertiary/aromatic N) is 1. The monoisotopic (exact) mass is 450 g/mol. The first-order valence-electron chi connectivity index (χ1n) is 12.1. The van der Waals surface area contributed by atoms with Crippen LogP contribution in [0.4, 0.5) is 0 Å². The zero-order valence-corrected chi connectivity index (χ0v) is 20.5. The van der Waals surface area contributed by atoms with Crippen molar-refractivity contribution in [1.82, 2.24) is 10.2 Å². The Hall–Kier alpha value is -2.82. The largest absolute Gasteiger partial charge is 0.484 e. The van der Waals surface area contributed by atoms with Gasteiger partial charge in [-0.15, -0.1) is 0 Å². The van der Waals surface area contributed by atoms with E-state index in [9.17, 15) is 9.59 Å². The van der Waals surface area contributed by atoms with Crippen molar-refractivity contribution in [2.24, 2.45) is 0 Å². The molecule has 1 aliphatic carbocycles. The Morgan fingerprint density at radius 1 is 1.03 bits per heavy atom. The summed E-state index contributed by atoms with van der Waals surface area (Å²) in [4.78, 5) is 27.7. The van der Waals surface area contributed by atoms with Crippen molar-refractivity contribution < 1.29 is 14.3 Å². The lowest BCUT2D eigenvalue weighted by molar-refractivity contribution is -0.141. The van der Waals surface area contributed by atoms with E-state index in [0.29, 0.717) is 18.7 Å². The molecule has 33 heavy (non-hydrogen) atoms. The zero-order valence-electron chi connectivity index (χ0n) is 20.5. The average Bonchev–Trinajstić information content (AvgIpc) is 3.31. The van der Waals surface area contributed by atoms with Gasteiger partial charge in [0.2, 0.25) is 5.91 Å². The van der Waals surface area contributed by atoms with E-state index in [1.165, 1.54) is 5.56 Å². The molecule has 2 amide bonds. The molecule has 1 fully saturated rings. The van der Waals surface area contributed by atoms with Gasteiger partial charge < -0.3 is 15.0 Å². The standard InChI is InChI=1S/C28H38N2O3/c1-21(27(32)29-24-12-8-9-13-24)30(19-18-22-10-6-5-7-11-22)26(31)20-33-25-16-14-23(15-17-25)28(2,3)4/h5-7,10-11,14-17,21,24H,8-9,12-13,18-20H2,1-4H3,(H,29,32)/t21-/m1/s1. The van der Waals surface area contributed by atoms with Gasteiger partial charge >= 0.3 is 0 Å². The van der Waals surface area contributed by atoms with Gasteiger partial charge in [-0.2, -0.15) is 0 Å². The topological polar surface area (TPSA) is 58.6 Å². The molecule has 0 radical (unpaired) electrons.